The van der Waals surface area contributed by atoms with E-state index in [4.69, 9.17) is 4.74 Å². The molecule has 4 nitrogen and oxygen atoms in total. The first kappa shape index (κ1) is 20.9. The number of carbonyl (C=O) groups excluding carboxylic acids is 2. The summed E-state index contributed by atoms with van der Waals surface area (Å²) in [4.78, 5) is 24.1. The van der Waals surface area contributed by atoms with Gasteiger partial charge in [0, 0.05) is 11.9 Å². The molecule has 0 spiro atoms. The number of aromatic nitrogens is 1. The molecule has 1 aromatic heterocycles. The van der Waals surface area contributed by atoms with E-state index in [0.29, 0.717) is 23.4 Å². The molecule has 0 radical (unpaired) electrons. The van der Waals surface area contributed by atoms with Gasteiger partial charge in [0.1, 0.15) is 0 Å². The van der Waals surface area contributed by atoms with Gasteiger partial charge in [0.2, 0.25) is 0 Å². The average molecular weight is 370 g/mol. The summed E-state index contributed by atoms with van der Waals surface area (Å²) in [6, 6.07) is 6.42. The number of hydrogen-bond acceptors (Lipinski definition) is 3. The minimum Gasteiger partial charge on any atom is -0.462 e. The van der Waals surface area contributed by atoms with E-state index in [1.165, 1.54) is 11.1 Å². The highest BCUT2D eigenvalue weighted by atomic mass is 16.5. The fourth-order valence-electron chi connectivity index (χ4n) is 3.00. The highest BCUT2D eigenvalue weighted by Gasteiger charge is 2.24. The van der Waals surface area contributed by atoms with Crippen molar-refractivity contribution in [2.24, 2.45) is 0 Å². The molecule has 0 atom stereocenters. The van der Waals surface area contributed by atoms with E-state index in [1.807, 2.05) is 0 Å². The Kier molecular flexibility index (Phi) is 5.69. The zero-order valence-electron chi connectivity index (χ0n) is 17.8. The van der Waals surface area contributed by atoms with Crippen LogP contribution in [0.5, 0.6) is 0 Å². The first-order valence-electron chi connectivity index (χ1n) is 9.40. The topological polar surface area (TPSA) is 48.3 Å². The summed E-state index contributed by atoms with van der Waals surface area (Å²) in [6.07, 6.45) is 2.52. The fraction of sp³-hybridized carbons (Fsp3) is 0.478. The quantitative estimate of drug-likeness (QED) is 0.538. The molecule has 0 aliphatic heterocycles. The summed E-state index contributed by atoms with van der Waals surface area (Å²) in [7, 11) is 0. The number of rotatable bonds is 4. The SMILES string of the molecule is CCOC(=O)c1cn(-c2cc(C(C)(C)C)cc(C(C)(C)C)c2)c(C=O)c1C. The van der Waals surface area contributed by atoms with Crippen LogP contribution in [-0.4, -0.2) is 23.4 Å². The average Bonchev–Trinajstić information content (AvgIpc) is 2.89. The predicted octanol–water partition coefficient (Wildman–Crippen LogP) is 5.37. The molecule has 1 aromatic carbocycles. The maximum absolute atomic E-state index is 12.3. The third kappa shape index (κ3) is 4.32. The van der Waals surface area contributed by atoms with Crippen molar-refractivity contribution in [3.63, 3.8) is 0 Å². The summed E-state index contributed by atoms with van der Waals surface area (Å²) >= 11 is 0. The lowest BCUT2D eigenvalue weighted by molar-refractivity contribution is 0.0525. The zero-order chi connectivity index (χ0) is 20.6. The molecule has 0 bridgehead atoms. The lowest BCUT2D eigenvalue weighted by Crippen LogP contribution is -2.17. The molecule has 0 fully saturated rings. The fourth-order valence-corrected chi connectivity index (χ4v) is 3.00. The van der Waals surface area contributed by atoms with Gasteiger partial charge >= 0.3 is 5.97 Å². The van der Waals surface area contributed by atoms with Gasteiger partial charge in [0.05, 0.1) is 17.9 Å². The molecule has 0 amide bonds. The van der Waals surface area contributed by atoms with Gasteiger partial charge in [-0.1, -0.05) is 47.6 Å². The first-order chi connectivity index (χ1) is 12.4. The largest absolute Gasteiger partial charge is 0.462 e. The highest BCUT2D eigenvalue weighted by Crippen LogP contribution is 2.32. The first-order valence-corrected chi connectivity index (χ1v) is 9.40. The van der Waals surface area contributed by atoms with Gasteiger partial charge in [-0.2, -0.15) is 0 Å². The van der Waals surface area contributed by atoms with Crippen molar-refractivity contribution in [3.05, 3.63) is 52.3 Å². The molecule has 0 aliphatic carbocycles. The molecule has 4 heteroatoms. The summed E-state index contributed by atoms with van der Waals surface area (Å²) in [5, 5.41) is 0. The maximum atomic E-state index is 12.3. The molecule has 2 rings (SSSR count). The van der Waals surface area contributed by atoms with E-state index >= 15 is 0 Å². The third-order valence-electron chi connectivity index (χ3n) is 4.84. The molecule has 2 aromatic rings. The second-order valence-corrected chi connectivity index (χ2v) is 9.03. The van der Waals surface area contributed by atoms with Gasteiger partial charge in [-0.05, 0) is 53.5 Å². The zero-order valence-corrected chi connectivity index (χ0v) is 17.8. The summed E-state index contributed by atoms with van der Waals surface area (Å²) in [6.45, 7) is 16.9. The van der Waals surface area contributed by atoms with Crippen molar-refractivity contribution in [1.29, 1.82) is 0 Å². The van der Waals surface area contributed by atoms with Crippen LogP contribution in [0, 0.1) is 6.92 Å². The molecule has 0 saturated heterocycles. The maximum Gasteiger partial charge on any atom is 0.339 e. The van der Waals surface area contributed by atoms with Gasteiger partial charge in [-0.25, -0.2) is 4.79 Å². The van der Waals surface area contributed by atoms with Crippen LogP contribution < -0.4 is 0 Å². The number of benzene rings is 1. The van der Waals surface area contributed by atoms with E-state index < -0.39 is 5.97 Å². The van der Waals surface area contributed by atoms with E-state index in [2.05, 4.69) is 59.7 Å². The Morgan fingerprint density at radius 1 is 1.04 bits per heavy atom. The lowest BCUT2D eigenvalue weighted by Gasteiger charge is -2.26. The van der Waals surface area contributed by atoms with Crippen molar-refractivity contribution < 1.29 is 14.3 Å². The number of ether oxygens (including phenoxy) is 1. The van der Waals surface area contributed by atoms with Gasteiger partial charge in [-0.3, -0.25) is 4.79 Å². The van der Waals surface area contributed by atoms with E-state index in [9.17, 15) is 9.59 Å². The normalized spacial score (nSPS) is 12.1. The second-order valence-electron chi connectivity index (χ2n) is 9.03. The van der Waals surface area contributed by atoms with Crippen LogP contribution in [0.15, 0.2) is 24.4 Å². The molecule has 0 aliphatic rings. The van der Waals surface area contributed by atoms with Gasteiger partial charge in [0.15, 0.2) is 6.29 Å². The molecule has 0 saturated carbocycles. The van der Waals surface area contributed by atoms with Gasteiger partial charge in [-0.15, -0.1) is 0 Å². The van der Waals surface area contributed by atoms with Crippen LogP contribution in [0.1, 0.15) is 86.0 Å². The summed E-state index contributed by atoms with van der Waals surface area (Å²) < 4.78 is 6.95. The predicted molar refractivity (Wildman–Crippen MR) is 109 cm³/mol. The third-order valence-corrected chi connectivity index (χ3v) is 4.84. The summed E-state index contributed by atoms with van der Waals surface area (Å²) in [5.41, 5.74) is 4.72. The van der Waals surface area contributed by atoms with Crippen LogP contribution in [0.2, 0.25) is 0 Å². The van der Waals surface area contributed by atoms with Crippen molar-refractivity contribution >= 4 is 12.3 Å². The Labute approximate surface area is 162 Å². The Bertz CT molecular complexity index is 829. The van der Waals surface area contributed by atoms with Gasteiger partial charge in [0.25, 0.3) is 0 Å². The minimum absolute atomic E-state index is 0.0382. The van der Waals surface area contributed by atoms with Crippen molar-refractivity contribution in [2.45, 2.75) is 66.2 Å². The molecule has 27 heavy (non-hydrogen) atoms. The van der Waals surface area contributed by atoms with E-state index in [1.54, 1.807) is 24.6 Å². The second kappa shape index (κ2) is 7.34. The number of nitrogens with zero attached hydrogens (tertiary/aromatic N) is 1. The van der Waals surface area contributed by atoms with Gasteiger partial charge < -0.3 is 9.30 Å². The van der Waals surface area contributed by atoms with Crippen LogP contribution in [0.25, 0.3) is 5.69 Å². The summed E-state index contributed by atoms with van der Waals surface area (Å²) in [5.74, 6) is -0.403. The lowest BCUT2D eigenvalue weighted by atomic mass is 9.80. The highest BCUT2D eigenvalue weighted by molar-refractivity contribution is 5.94. The number of aldehydes is 1. The monoisotopic (exact) mass is 369 g/mol. The molecule has 0 unspecified atom stereocenters. The number of hydrogen-bond donors (Lipinski definition) is 0. The van der Waals surface area contributed by atoms with Crippen LogP contribution in [0.3, 0.4) is 0 Å². The van der Waals surface area contributed by atoms with Crippen LogP contribution in [-0.2, 0) is 15.6 Å². The van der Waals surface area contributed by atoms with Crippen LogP contribution >= 0.6 is 0 Å². The van der Waals surface area contributed by atoms with Crippen molar-refractivity contribution in [1.82, 2.24) is 4.57 Å². The smallest absolute Gasteiger partial charge is 0.339 e. The molecule has 146 valence electrons. The number of esters is 1. The Morgan fingerprint density at radius 3 is 1.96 bits per heavy atom. The molecule has 0 N–H and O–H groups in total. The Hall–Kier alpha value is -2.36. The molecule has 1 heterocycles. The van der Waals surface area contributed by atoms with E-state index in [0.717, 1.165) is 12.0 Å². The minimum atomic E-state index is -0.403. The van der Waals surface area contributed by atoms with E-state index in [-0.39, 0.29) is 10.8 Å². The van der Waals surface area contributed by atoms with Crippen molar-refractivity contribution in [2.75, 3.05) is 6.61 Å². The van der Waals surface area contributed by atoms with Crippen LogP contribution in [0.4, 0.5) is 0 Å². The Morgan fingerprint density at radius 2 is 1.56 bits per heavy atom. The standard InChI is InChI=1S/C23H31NO3/c1-9-27-21(26)19-13-24(20(14-25)15(19)2)18-11-16(22(3,4)5)10-17(12-18)23(6,7)8/h10-14H,9H2,1-8H3. The van der Waals surface area contributed by atoms with Crippen molar-refractivity contribution in [3.8, 4) is 5.69 Å². The Balaban J connectivity index is 2.76. The molecular weight excluding hydrogens is 338 g/mol. The molecular formula is C23H31NO3. The number of carbonyl (C=O) groups is 2.